The van der Waals surface area contributed by atoms with E-state index < -0.39 is 0 Å². The molecule has 1 aromatic carbocycles. The Bertz CT molecular complexity index is 736. The Morgan fingerprint density at radius 3 is 2.74 bits per heavy atom. The molecule has 2 N–H and O–H groups in total. The first-order chi connectivity index (χ1) is 11.3. The third-order valence-corrected chi connectivity index (χ3v) is 4.66. The van der Waals surface area contributed by atoms with Gasteiger partial charge >= 0.3 is 0 Å². The molecule has 1 atom stereocenters. The molecule has 0 bridgehead atoms. The van der Waals surface area contributed by atoms with E-state index in [0.29, 0.717) is 6.42 Å². The monoisotopic (exact) mass is 328 g/mol. The second-order valence-corrected chi connectivity index (χ2v) is 6.51. The van der Waals surface area contributed by atoms with Crippen LogP contribution in [0.15, 0.2) is 53.1 Å². The quantitative estimate of drug-likeness (QED) is 0.690. The molecule has 0 aliphatic heterocycles. The molecule has 2 heterocycles. The fourth-order valence-corrected chi connectivity index (χ4v) is 3.30. The maximum Gasteiger partial charge on any atom is 0.162 e. The second-order valence-electron chi connectivity index (χ2n) is 5.40. The van der Waals surface area contributed by atoms with Crippen LogP contribution in [0.25, 0.3) is 10.8 Å². The van der Waals surface area contributed by atoms with Crippen molar-refractivity contribution in [2.75, 3.05) is 6.61 Å². The van der Waals surface area contributed by atoms with Crippen LogP contribution in [0.4, 0.5) is 0 Å². The van der Waals surface area contributed by atoms with E-state index in [-0.39, 0.29) is 12.6 Å². The standard InChI is InChI=1S/C18H20N2O2S/c1-13-7-8-17(22-13)18-20-12-15(23-18)11-19-16(9-10-21)14-5-3-2-4-6-14/h2-8,12,16,19,21H,9-11H2,1H3/t16-/m1/s1. The highest BCUT2D eigenvalue weighted by molar-refractivity contribution is 7.14. The van der Waals surface area contributed by atoms with E-state index >= 15 is 0 Å². The summed E-state index contributed by atoms with van der Waals surface area (Å²) in [5.74, 6) is 1.70. The summed E-state index contributed by atoms with van der Waals surface area (Å²) in [4.78, 5) is 5.58. The summed E-state index contributed by atoms with van der Waals surface area (Å²) in [6.07, 6.45) is 2.57. The van der Waals surface area contributed by atoms with E-state index in [1.54, 1.807) is 11.3 Å². The minimum Gasteiger partial charge on any atom is -0.459 e. The van der Waals surface area contributed by atoms with Crippen molar-refractivity contribution in [2.24, 2.45) is 0 Å². The summed E-state index contributed by atoms with van der Waals surface area (Å²) < 4.78 is 5.61. The van der Waals surface area contributed by atoms with Gasteiger partial charge in [-0.05, 0) is 31.0 Å². The lowest BCUT2D eigenvalue weighted by atomic mass is 10.0. The summed E-state index contributed by atoms with van der Waals surface area (Å²) in [5.41, 5.74) is 1.19. The zero-order valence-electron chi connectivity index (χ0n) is 13.0. The van der Waals surface area contributed by atoms with Crippen LogP contribution in [-0.2, 0) is 6.54 Å². The molecule has 120 valence electrons. The minimum atomic E-state index is 0.137. The molecule has 0 aliphatic rings. The maximum absolute atomic E-state index is 9.29. The number of nitrogens with one attached hydrogen (secondary N) is 1. The maximum atomic E-state index is 9.29. The molecule has 0 unspecified atom stereocenters. The number of hydrogen-bond donors (Lipinski definition) is 2. The number of benzene rings is 1. The second kappa shape index (κ2) is 7.55. The fourth-order valence-electron chi connectivity index (χ4n) is 2.48. The van der Waals surface area contributed by atoms with Crippen LogP contribution in [0, 0.1) is 6.92 Å². The topological polar surface area (TPSA) is 58.3 Å². The molecule has 0 fully saturated rings. The minimum absolute atomic E-state index is 0.137. The molecule has 0 saturated carbocycles. The van der Waals surface area contributed by atoms with Crippen LogP contribution in [-0.4, -0.2) is 16.7 Å². The molecule has 2 aromatic heterocycles. The SMILES string of the molecule is Cc1ccc(-c2ncc(CN[C@H](CCO)c3ccccc3)s2)o1. The van der Waals surface area contributed by atoms with Crippen molar-refractivity contribution < 1.29 is 9.52 Å². The third kappa shape index (κ3) is 4.07. The molecule has 3 aromatic rings. The Kier molecular flexibility index (Phi) is 5.23. The smallest absolute Gasteiger partial charge is 0.162 e. The van der Waals surface area contributed by atoms with E-state index in [2.05, 4.69) is 22.4 Å². The summed E-state index contributed by atoms with van der Waals surface area (Å²) in [6.45, 7) is 2.81. The number of nitrogens with zero attached hydrogens (tertiary/aromatic N) is 1. The van der Waals surface area contributed by atoms with Crippen LogP contribution in [0.5, 0.6) is 0 Å². The number of aromatic nitrogens is 1. The molecule has 0 radical (unpaired) electrons. The van der Waals surface area contributed by atoms with Crippen LogP contribution in [0.1, 0.15) is 28.7 Å². The Morgan fingerprint density at radius 1 is 1.22 bits per heavy atom. The predicted molar refractivity (Wildman–Crippen MR) is 92.3 cm³/mol. The molecule has 23 heavy (non-hydrogen) atoms. The number of furan rings is 1. The zero-order valence-corrected chi connectivity index (χ0v) is 13.8. The van der Waals surface area contributed by atoms with Crippen LogP contribution >= 0.6 is 11.3 Å². The first-order valence-electron chi connectivity index (χ1n) is 7.67. The highest BCUT2D eigenvalue weighted by Crippen LogP contribution is 2.27. The van der Waals surface area contributed by atoms with Crippen LogP contribution < -0.4 is 5.32 Å². The molecule has 4 nitrogen and oxygen atoms in total. The third-order valence-electron chi connectivity index (χ3n) is 3.65. The Balaban J connectivity index is 1.66. The lowest BCUT2D eigenvalue weighted by Crippen LogP contribution is -2.21. The zero-order chi connectivity index (χ0) is 16.1. The predicted octanol–water partition coefficient (Wildman–Crippen LogP) is 3.92. The number of aliphatic hydroxyl groups excluding tert-OH is 1. The van der Waals surface area contributed by atoms with Gasteiger partial charge in [-0.1, -0.05) is 30.3 Å². The van der Waals surface area contributed by atoms with E-state index in [0.717, 1.165) is 28.0 Å². The average molecular weight is 328 g/mol. The van der Waals surface area contributed by atoms with Gasteiger partial charge in [-0.3, -0.25) is 0 Å². The lowest BCUT2D eigenvalue weighted by molar-refractivity contribution is 0.265. The molecular weight excluding hydrogens is 308 g/mol. The van der Waals surface area contributed by atoms with Crippen LogP contribution in [0.2, 0.25) is 0 Å². The van der Waals surface area contributed by atoms with Crippen molar-refractivity contribution >= 4 is 11.3 Å². The van der Waals surface area contributed by atoms with Gasteiger partial charge < -0.3 is 14.8 Å². The normalized spacial score (nSPS) is 12.4. The van der Waals surface area contributed by atoms with Gasteiger partial charge in [0.15, 0.2) is 10.8 Å². The molecule has 3 rings (SSSR count). The first-order valence-corrected chi connectivity index (χ1v) is 8.48. The average Bonchev–Trinajstić information content (AvgIpc) is 3.21. The largest absolute Gasteiger partial charge is 0.459 e. The van der Waals surface area contributed by atoms with Crippen molar-refractivity contribution in [1.29, 1.82) is 0 Å². The van der Waals surface area contributed by atoms with Gasteiger partial charge in [-0.15, -0.1) is 11.3 Å². The molecule has 0 spiro atoms. The number of thiazole rings is 1. The van der Waals surface area contributed by atoms with Gasteiger partial charge in [0.25, 0.3) is 0 Å². The highest BCUT2D eigenvalue weighted by Gasteiger charge is 2.12. The van der Waals surface area contributed by atoms with E-state index in [4.69, 9.17) is 4.42 Å². The van der Waals surface area contributed by atoms with E-state index in [1.165, 1.54) is 5.56 Å². The Labute approximate surface area is 139 Å². The van der Waals surface area contributed by atoms with Crippen molar-refractivity contribution in [3.05, 3.63) is 64.9 Å². The Hall–Kier alpha value is -1.95. The molecule has 5 heteroatoms. The first kappa shape index (κ1) is 15.9. The van der Waals surface area contributed by atoms with E-state index in [9.17, 15) is 5.11 Å². The van der Waals surface area contributed by atoms with Crippen molar-refractivity contribution in [1.82, 2.24) is 10.3 Å². The van der Waals surface area contributed by atoms with Gasteiger partial charge in [0.1, 0.15) is 5.76 Å². The van der Waals surface area contributed by atoms with Crippen molar-refractivity contribution in [2.45, 2.75) is 25.9 Å². The number of rotatable bonds is 7. The van der Waals surface area contributed by atoms with E-state index in [1.807, 2.05) is 43.5 Å². The van der Waals surface area contributed by atoms with Gasteiger partial charge in [0.05, 0.1) is 0 Å². The highest BCUT2D eigenvalue weighted by atomic mass is 32.1. The van der Waals surface area contributed by atoms with Crippen molar-refractivity contribution in [3.8, 4) is 10.8 Å². The number of aryl methyl sites for hydroxylation is 1. The van der Waals surface area contributed by atoms with Gasteiger partial charge in [-0.25, -0.2) is 4.98 Å². The Morgan fingerprint density at radius 2 is 2.04 bits per heavy atom. The summed E-state index contributed by atoms with van der Waals surface area (Å²) in [7, 11) is 0. The summed E-state index contributed by atoms with van der Waals surface area (Å²) in [5, 5.41) is 13.7. The number of hydrogen-bond acceptors (Lipinski definition) is 5. The summed E-state index contributed by atoms with van der Waals surface area (Å²) in [6, 6.07) is 14.2. The fraction of sp³-hybridized carbons (Fsp3) is 0.278. The lowest BCUT2D eigenvalue weighted by Gasteiger charge is -2.17. The molecule has 0 saturated heterocycles. The molecule has 0 amide bonds. The van der Waals surface area contributed by atoms with Gasteiger partial charge in [0, 0.05) is 30.3 Å². The van der Waals surface area contributed by atoms with Gasteiger partial charge in [0.2, 0.25) is 0 Å². The summed E-state index contributed by atoms with van der Waals surface area (Å²) >= 11 is 1.62. The molecule has 0 aliphatic carbocycles. The number of aliphatic hydroxyl groups is 1. The van der Waals surface area contributed by atoms with Crippen LogP contribution in [0.3, 0.4) is 0 Å². The van der Waals surface area contributed by atoms with Crippen molar-refractivity contribution in [3.63, 3.8) is 0 Å². The van der Waals surface area contributed by atoms with Gasteiger partial charge in [-0.2, -0.15) is 0 Å². The molecular formula is C18H20N2O2S.